The van der Waals surface area contributed by atoms with Gasteiger partial charge in [0.05, 0.1) is 5.69 Å². The van der Waals surface area contributed by atoms with Crippen molar-refractivity contribution in [3.63, 3.8) is 0 Å². The summed E-state index contributed by atoms with van der Waals surface area (Å²) >= 11 is 12.2. The summed E-state index contributed by atoms with van der Waals surface area (Å²) in [6.07, 6.45) is -0.615. The molecule has 0 amide bonds. The molecular formula is C19H34LiNP2S2. The third-order valence-corrected chi connectivity index (χ3v) is 18.9. The van der Waals surface area contributed by atoms with Gasteiger partial charge in [-0.25, -0.2) is 6.09 Å². The predicted molar refractivity (Wildman–Crippen MR) is 122 cm³/mol. The van der Waals surface area contributed by atoms with Crippen LogP contribution in [0.1, 0.15) is 66.8 Å². The maximum absolute atomic E-state index is 6.12. The van der Waals surface area contributed by atoms with Gasteiger partial charge in [0.25, 0.3) is 0 Å². The maximum Gasteiger partial charge on any atom is 1.00 e. The molecule has 0 spiro atoms. The molecule has 0 aliphatic heterocycles. The van der Waals surface area contributed by atoms with E-state index in [1.165, 1.54) is 0 Å². The average molecular weight is 410 g/mol. The number of hydrogen-bond donors (Lipinski definition) is 0. The second-order valence-electron chi connectivity index (χ2n) is 7.83. The van der Waals surface area contributed by atoms with Crippen LogP contribution in [0.15, 0.2) is 18.2 Å². The van der Waals surface area contributed by atoms with E-state index in [9.17, 15) is 0 Å². The summed E-state index contributed by atoms with van der Waals surface area (Å²) in [5.74, 6) is 2.30. The molecule has 1 aromatic heterocycles. The van der Waals surface area contributed by atoms with Crippen LogP contribution in [-0.2, 0) is 30.2 Å². The van der Waals surface area contributed by atoms with Gasteiger partial charge >= 0.3 is 18.9 Å². The Balaban J connectivity index is 0.00000576. The normalized spacial score (nSPS) is 12.8. The zero-order valence-electron chi connectivity index (χ0n) is 17.5. The fourth-order valence-corrected chi connectivity index (χ4v) is 8.65. The van der Waals surface area contributed by atoms with Crippen LogP contribution >= 0.6 is 12.1 Å². The molecule has 0 fully saturated rings. The van der Waals surface area contributed by atoms with Crippen molar-refractivity contribution < 1.29 is 18.9 Å². The molecule has 0 aliphatic carbocycles. The quantitative estimate of drug-likeness (QED) is 0.390. The molecule has 1 nitrogen and oxygen atoms in total. The van der Waals surface area contributed by atoms with Gasteiger partial charge in [0, 0.05) is 11.9 Å². The van der Waals surface area contributed by atoms with E-state index >= 15 is 0 Å². The summed E-state index contributed by atoms with van der Waals surface area (Å²) in [5, 5.41) is 0. The van der Waals surface area contributed by atoms with Gasteiger partial charge in [-0.15, -0.1) is 0 Å². The van der Waals surface area contributed by atoms with Gasteiger partial charge in [-0.1, -0.05) is 79.1 Å². The number of hydrogen-bond acceptors (Lipinski definition) is 3. The molecule has 1 rings (SSSR count). The van der Waals surface area contributed by atoms with E-state index in [1.54, 1.807) is 0 Å². The average Bonchev–Trinajstić information content (AvgIpc) is 2.46. The van der Waals surface area contributed by atoms with E-state index < -0.39 is 12.1 Å². The SMILES string of the molecule is CC(C)P(=S)(Cc1cccc(C=P([S-])(C(C)C)C(C)C)n1)C(C)C.[Li+]. The first-order valence-corrected chi connectivity index (χ1v) is 15.1. The van der Waals surface area contributed by atoms with Crippen LogP contribution in [0.4, 0.5) is 0 Å². The molecule has 0 saturated carbocycles. The van der Waals surface area contributed by atoms with E-state index in [-0.39, 0.29) is 18.9 Å². The Bertz CT molecular complexity index is 631. The molecule has 0 bridgehead atoms. The summed E-state index contributed by atoms with van der Waals surface area (Å²) in [6.45, 7) is 18.1. The van der Waals surface area contributed by atoms with Crippen molar-refractivity contribution in [2.45, 2.75) is 84.2 Å². The molecule has 138 valence electrons. The molecule has 0 N–H and O–H groups in total. The minimum absolute atomic E-state index is 0. The molecule has 0 unspecified atom stereocenters. The van der Waals surface area contributed by atoms with Crippen LogP contribution in [0.25, 0.3) is 0 Å². The van der Waals surface area contributed by atoms with Gasteiger partial charge in [-0.05, 0) is 40.8 Å². The topological polar surface area (TPSA) is 12.9 Å². The van der Waals surface area contributed by atoms with Gasteiger partial charge < -0.3 is 12.2 Å². The second kappa shape index (κ2) is 10.6. The van der Waals surface area contributed by atoms with E-state index in [0.29, 0.717) is 22.6 Å². The largest absolute Gasteiger partial charge is 1.00 e. The molecule has 25 heavy (non-hydrogen) atoms. The van der Waals surface area contributed by atoms with Crippen molar-refractivity contribution >= 4 is 42.0 Å². The second-order valence-corrected chi connectivity index (χ2v) is 19.7. The van der Waals surface area contributed by atoms with Gasteiger partial charge in [0.2, 0.25) is 0 Å². The van der Waals surface area contributed by atoms with Crippen LogP contribution in [0, 0.1) is 0 Å². The number of rotatable bonds is 7. The minimum atomic E-state index is -1.57. The smallest absolute Gasteiger partial charge is 0.757 e. The molecule has 0 radical (unpaired) electrons. The monoisotopic (exact) mass is 409 g/mol. The Hall–Kier alpha value is 1.05. The summed E-state index contributed by atoms with van der Waals surface area (Å²) < 4.78 is 0. The number of nitrogens with zero attached hydrogens (tertiary/aromatic N) is 1. The molecular weight excluding hydrogens is 375 g/mol. The van der Waals surface area contributed by atoms with Gasteiger partial charge in [-0.3, -0.25) is 4.98 Å². The van der Waals surface area contributed by atoms with Gasteiger partial charge in [-0.2, -0.15) is 0 Å². The number of aromatic nitrogens is 1. The van der Waals surface area contributed by atoms with E-state index in [2.05, 4.69) is 79.4 Å². The van der Waals surface area contributed by atoms with Crippen LogP contribution in [0.2, 0.25) is 0 Å². The molecule has 0 saturated heterocycles. The van der Waals surface area contributed by atoms with Crippen molar-refractivity contribution in [1.29, 1.82) is 0 Å². The van der Waals surface area contributed by atoms with Crippen molar-refractivity contribution in [3.05, 3.63) is 29.6 Å². The van der Waals surface area contributed by atoms with Crippen molar-refractivity contribution in [2.75, 3.05) is 0 Å². The van der Waals surface area contributed by atoms with Gasteiger partial charge in [0.15, 0.2) is 0 Å². The fourth-order valence-electron chi connectivity index (χ4n) is 2.97. The molecule has 0 aliphatic rings. The van der Waals surface area contributed by atoms with Crippen LogP contribution < -0.4 is 18.9 Å². The third kappa shape index (κ3) is 6.56. The standard InChI is InChI=1S/C19H34NP2S2.Li/c1-14(2)21(23,15(3)4)12-18-10-9-11-19(20-18)13-22(24,16(5)6)17(7)8;/h9-12,14-17H,13H2,1-8H3;/q-1;+1. The Morgan fingerprint density at radius 1 is 0.960 bits per heavy atom. The van der Waals surface area contributed by atoms with Crippen LogP contribution in [0.3, 0.4) is 0 Å². The Morgan fingerprint density at radius 2 is 1.44 bits per heavy atom. The summed E-state index contributed by atoms with van der Waals surface area (Å²) in [5.41, 5.74) is 4.32. The molecule has 1 heterocycles. The van der Waals surface area contributed by atoms with Crippen LogP contribution in [0.5, 0.6) is 0 Å². The first-order valence-electron chi connectivity index (χ1n) is 8.92. The van der Waals surface area contributed by atoms with Crippen molar-refractivity contribution in [1.82, 2.24) is 4.98 Å². The Morgan fingerprint density at radius 3 is 1.84 bits per heavy atom. The van der Waals surface area contributed by atoms with E-state index in [0.717, 1.165) is 17.5 Å². The Labute approximate surface area is 178 Å². The molecule has 1 aromatic rings. The van der Waals surface area contributed by atoms with Gasteiger partial charge in [0.1, 0.15) is 0 Å². The third-order valence-electron chi connectivity index (χ3n) is 4.93. The Kier molecular flexibility index (Phi) is 11.0. The molecule has 0 aromatic carbocycles. The number of pyridine rings is 1. The van der Waals surface area contributed by atoms with Crippen LogP contribution in [-0.4, -0.2) is 33.4 Å². The van der Waals surface area contributed by atoms with Crippen molar-refractivity contribution in [2.24, 2.45) is 0 Å². The zero-order valence-corrected chi connectivity index (χ0v) is 20.9. The first-order chi connectivity index (χ1) is 10.9. The zero-order chi connectivity index (χ0) is 18.7. The van der Waals surface area contributed by atoms with E-state index in [4.69, 9.17) is 29.0 Å². The molecule has 6 heteroatoms. The fraction of sp³-hybridized carbons (Fsp3) is 0.684. The maximum atomic E-state index is 6.12. The minimum Gasteiger partial charge on any atom is -0.757 e. The van der Waals surface area contributed by atoms with E-state index in [1.807, 2.05) is 0 Å². The first kappa shape index (κ1) is 26.0. The van der Waals surface area contributed by atoms with Crippen molar-refractivity contribution in [3.8, 4) is 0 Å². The summed E-state index contributed by atoms with van der Waals surface area (Å²) in [7, 11) is 0. The summed E-state index contributed by atoms with van der Waals surface area (Å²) in [6, 6.07) is 4.90. The molecule has 0 atom stereocenters. The predicted octanol–water partition coefficient (Wildman–Crippen LogP) is 3.33. The summed E-state index contributed by atoms with van der Waals surface area (Å²) in [4.78, 5) is 4.94.